The van der Waals surface area contributed by atoms with Crippen LogP contribution in [0.25, 0.3) is 0 Å². The molecule has 1 rings (SSSR count). The van der Waals surface area contributed by atoms with E-state index in [1.807, 2.05) is 18.2 Å². The third-order valence-corrected chi connectivity index (χ3v) is 0.628. The smallest absolute Gasteiger partial charge is 0.0472 e. The Labute approximate surface area is 78.7 Å². The summed E-state index contributed by atoms with van der Waals surface area (Å²) in [4.78, 5) is 0. The van der Waals surface area contributed by atoms with Crippen LogP contribution in [0.3, 0.4) is 0 Å². The van der Waals surface area contributed by atoms with Crippen LogP contribution in [0.15, 0.2) is 29.5 Å². The van der Waals surface area contributed by atoms with Gasteiger partial charge in [0.1, 0.15) is 0 Å². The quantitative estimate of drug-likeness (QED) is 0.639. The van der Waals surface area contributed by atoms with Gasteiger partial charge in [0.15, 0.2) is 0 Å². The van der Waals surface area contributed by atoms with E-state index >= 15 is 0 Å². The number of hydrogen-bond donors (Lipinski definition) is 1. The minimum atomic E-state index is 0. The Bertz CT molecular complexity index is 117. The molecule has 0 aromatic carbocycles. The van der Waals surface area contributed by atoms with Crippen LogP contribution in [0, 0.1) is 0 Å². The molecule has 1 N–H and O–H groups in total. The highest BCUT2D eigenvalue weighted by atomic mass is 35.5. The van der Waals surface area contributed by atoms with Gasteiger partial charge in [0.2, 0.25) is 0 Å². The zero-order valence-corrected chi connectivity index (χ0v) is 7.51. The summed E-state index contributed by atoms with van der Waals surface area (Å²) in [6, 6.07) is 0. The van der Waals surface area contributed by atoms with Gasteiger partial charge in [-0.2, -0.15) is 5.10 Å². The average Bonchev–Trinajstić information content (AvgIpc) is 1.90. The molecular formula is C5H9Cl3N2. The van der Waals surface area contributed by atoms with Crippen LogP contribution in [0.4, 0.5) is 0 Å². The molecule has 0 radical (unpaired) electrons. The van der Waals surface area contributed by atoms with Crippen molar-refractivity contribution in [2.75, 3.05) is 0 Å². The molecule has 1 aliphatic heterocycles. The van der Waals surface area contributed by atoms with Crippen LogP contribution in [-0.2, 0) is 0 Å². The highest BCUT2D eigenvalue weighted by Crippen LogP contribution is 1.76. The largest absolute Gasteiger partial charge is 0.286 e. The highest BCUT2D eigenvalue weighted by molar-refractivity contribution is 5.86. The van der Waals surface area contributed by atoms with E-state index in [1.54, 1.807) is 12.4 Å². The predicted molar refractivity (Wildman–Crippen MR) is 51.7 cm³/mol. The zero-order chi connectivity index (χ0) is 4.95. The molecule has 0 aliphatic carbocycles. The van der Waals surface area contributed by atoms with E-state index in [-0.39, 0.29) is 37.2 Å². The van der Waals surface area contributed by atoms with Gasteiger partial charge in [-0.25, -0.2) is 0 Å². The Morgan fingerprint density at radius 2 is 1.60 bits per heavy atom. The molecule has 0 unspecified atom stereocenters. The van der Waals surface area contributed by atoms with Crippen molar-refractivity contribution in [3.63, 3.8) is 0 Å². The lowest BCUT2D eigenvalue weighted by Crippen LogP contribution is -1.89. The number of hydrogen-bond acceptors (Lipinski definition) is 2. The maximum atomic E-state index is 3.72. The van der Waals surface area contributed by atoms with Crippen molar-refractivity contribution in [2.45, 2.75) is 0 Å². The molecule has 0 spiro atoms. The first kappa shape index (κ1) is 16.4. The molecular weight excluding hydrogens is 194 g/mol. The van der Waals surface area contributed by atoms with Gasteiger partial charge >= 0.3 is 0 Å². The molecule has 0 bridgehead atoms. The number of rotatable bonds is 0. The van der Waals surface area contributed by atoms with Crippen molar-refractivity contribution in [3.8, 4) is 0 Å². The van der Waals surface area contributed by atoms with Crippen molar-refractivity contribution in [3.05, 3.63) is 24.4 Å². The summed E-state index contributed by atoms with van der Waals surface area (Å²) < 4.78 is 0. The molecule has 0 amide bonds. The molecule has 0 aromatic rings. The second-order valence-electron chi connectivity index (χ2n) is 1.15. The minimum Gasteiger partial charge on any atom is -0.286 e. The Hall–Kier alpha value is -0.180. The lowest BCUT2D eigenvalue weighted by Gasteiger charge is -1.78. The normalized spacial score (nSPS) is 11.2. The number of allylic oxidation sites excluding steroid dienone is 3. The Morgan fingerprint density at radius 3 is 2.30 bits per heavy atom. The predicted octanol–water partition coefficient (Wildman–Crippen LogP) is 1.91. The topological polar surface area (TPSA) is 24.4 Å². The van der Waals surface area contributed by atoms with E-state index in [0.717, 1.165) is 0 Å². The lowest BCUT2D eigenvalue weighted by molar-refractivity contribution is 0.980. The summed E-state index contributed by atoms with van der Waals surface area (Å²) in [5, 5.41) is 3.72. The maximum absolute atomic E-state index is 3.72. The molecule has 1 aliphatic rings. The van der Waals surface area contributed by atoms with E-state index in [0.29, 0.717) is 0 Å². The van der Waals surface area contributed by atoms with Crippen molar-refractivity contribution in [2.24, 2.45) is 5.10 Å². The van der Waals surface area contributed by atoms with E-state index in [9.17, 15) is 0 Å². The summed E-state index contributed by atoms with van der Waals surface area (Å²) in [7, 11) is 0. The Kier molecular flexibility index (Phi) is 19.0. The third-order valence-electron chi connectivity index (χ3n) is 0.628. The van der Waals surface area contributed by atoms with Crippen molar-refractivity contribution >= 4 is 43.4 Å². The molecule has 60 valence electrons. The van der Waals surface area contributed by atoms with Crippen molar-refractivity contribution in [1.82, 2.24) is 5.43 Å². The van der Waals surface area contributed by atoms with Crippen LogP contribution in [-0.4, -0.2) is 6.21 Å². The lowest BCUT2D eigenvalue weighted by atomic mass is 10.5. The molecule has 1 heterocycles. The highest BCUT2D eigenvalue weighted by Gasteiger charge is 1.68. The SMILES string of the molecule is C1=CC=NNC=C1.Cl.Cl.Cl. The maximum Gasteiger partial charge on any atom is 0.0472 e. The molecule has 2 nitrogen and oxygen atoms in total. The first-order valence-electron chi connectivity index (χ1n) is 2.10. The molecule has 0 saturated heterocycles. The molecule has 5 heteroatoms. The number of nitrogens with one attached hydrogen (secondary N) is 1. The molecule has 0 fully saturated rings. The van der Waals surface area contributed by atoms with Gasteiger partial charge in [-0.1, -0.05) is 6.08 Å². The molecule has 10 heavy (non-hydrogen) atoms. The summed E-state index contributed by atoms with van der Waals surface area (Å²) in [6.45, 7) is 0. The number of hydrazone groups is 1. The van der Waals surface area contributed by atoms with Gasteiger partial charge in [-0.05, 0) is 12.2 Å². The fourth-order valence-electron chi connectivity index (χ4n) is 0.342. The second-order valence-corrected chi connectivity index (χ2v) is 1.15. The molecule has 0 aromatic heterocycles. The van der Waals surface area contributed by atoms with Gasteiger partial charge in [0.25, 0.3) is 0 Å². The average molecular weight is 204 g/mol. The summed E-state index contributed by atoms with van der Waals surface area (Å²) >= 11 is 0. The van der Waals surface area contributed by atoms with Gasteiger partial charge < -0.3 is 0 Å². The Morgan fingerprint density at radius 1 is 0.900 bits per heavy atom. The van der Waals surface area contributed by atoms with E-state index in [1.165, 1.54) is 0 Å². The van der Waals surface area contributed by atoms with Gasteiger partial charge in [-0.3, -0.25) is 5.43 Å². The van der Waals surface area contributed by atoms with E-state index in [2.05, 4.69) is 10.5 Å². The van der Waals surface area contributed by atoms with Crippen LogP contribution in [0.2, 0.25) is 0 Å². The first-order chi connectivity index (χ1) is 3.50. The summed E-state index contributed by atoms with van der Waals surface area (Å²) in [5.41, 5.74) is 2.67. The van der Waals surface area contributed by atoms with Crippen LogP contribution in [0.5, 0.6) is 0 Å². The van der Waals surface area contributed by atoms with Gasteiger partial charge in [0, 0.05) is 12.4 Å². The van der Waals surface area contributed by atoms with Crippen LogP contribution in [0.1, 0.15) is 0 Å². The zero-order valence-electron chi connectivity index (χ0n) is 5.06. The number of halogens is 3. The fraction of sp³-hybridized carbons (Fsp3) is 0. The summed E-state index contributed by atoms with van der Waals surface area (Å²) in [6.07, 6.45) is 9.10. The van der Waals surface area contributed by atoms with Crippen LogP contribution < -0.4 is 5.43 Å². The van der Waals surface area contributed by atoms with Crippen molar-refractivity contribution < 1.29 is 0 Å². The van der Waals surface area contributed by atoms with E-state index < -0.39 is 0 Å². The molecule has 0 saturated carbocycles. The van der Waals surface area contributed by atoms with Gasteiger partial charge in [0.05, 0.1) is 0 Å². The Balaban J connectivity index is -0.000000163. The fourth-order valence-corrected chi connectivity index (χ4v) is 0.342. The summed E-state index contributed by atoms with van der Waals surface area (Å²) in [5.74, 6) is 0. The first-order valence-corrected chi connectivity index (χ1v) is 2.10. The van der Waals surface area contributed by atoms with Gasteiger partial charge in [-0.15, -0.1) is 37.2 Å². The van der Waals surface area contributed by atoms with E-state index in [4.69, 9.17) is 0 Å². The number of nitrogens with zero attached hydrogens (tertiary/aromatic N) is 1. The monoisotopic (exact) mass is 202 g/mol. The standard InChI is InChI=1S/C5H6N2.3ClH/c1-2-4-6-7-5-3-1;;;/h1-6H;3*1H. The second kappa shape index (κ2) is 11.6. The van der Waals surface area contributed by atoms with Crippen molar-refractivity contribution in [1.29, 1.82) is 0 Å². The molecule has 0 atom stereocenters. The minimum absolute atomic E-state index is 0. The third kappa shape index (κ3) is 7.82. The van der Waals surface area contributed by atoms with Crippen LogP contribution >= 0.6 is 37.2 Å².